The van der Waals surface area contributed by atoms with E-state index < -0.39 is 0 Å². The summed E-state index contributed by atoms with van der Waals surface area (Å²) in [5.41, 5.74) is 7.87. The Morgan fingerprint density at radius 2 is 2.00 bits per heavy atom. The van der Waals surface area contributed by atoms with E-state index in [1.54, 1.807) is 42.7 Å². The molecule has 3 N–H and O–H groups in total. The van der Waals surface area contributed by atoms with Gasteiger partial charge in [0.1, 0.15) is 0 Å². The fourth-order valence-corrected chi connectivity index (χ4v) is 1.40. The Morgan fingerprint density at radius 3 is 2.67 bits per heavy atom. The molecule has 0 spiro atoms. The van der Waals surface area contributed by atoms with Crippen molar-refractivity contribution >= 4 is 23.4 Å². The zero-order valence-electron chi connectivity index (χ0n) is 9.71. The number of hydrogen-bond acceptors (Lipinski definition) is 3. The van der Waals surface area contributed by atoms with Gasteiger partial charge in [0.05, 0.1) is 11.9 Å². The minimum Gasteiger partial charge on any atom is -0.399 e. The van der Waals surface area contributed by atoms with Gasteiger partial charge >= 0.3 is 0 Å². The van der Waals surface area contributed by atoms with Crippen molar-refractivity contribution in [2.75, 3.05) is 11.1 Å². The van der Waals surface area contributed by atoms with E-state index in [9.17, 15) is 4.79 Å². The monoisotopic (exact) mass is 239 g/mol. The summed E-state index contributed by atoms with van der Waals surface area (Å²) in [6.07, 6.45) is 6.44. The van der Waals surface area contributed by atoms with E-state index in [1.807, 2.05) is 12.1 Å². The predicted molar refractivity (Wildman–Crippen MR) is 72.8 cm³/mol. The van der Waals surface area contributed by atoms with Crippen molar-refractivity contribution in [2.24, 2.45) is 0 Å². The summed E-state index contributed by atoms with van der Waals surface area (Å²) in [5.74, 6) is -0.195. The molecule has 2 aromatic rings. The van der Waals surface area contributed by atoms with Gasteiger partial charge in [-0.2, -0.15) is 0 Å². The lowest BCUT2D eigenvalue weighted by molar-refractivity contribution is -0.111. The zero-order valence-corrected chi connectivity index (χ0v) is 9.71. The molecule has 18 heavy (non-hydrogen) atoms. The number of nitrogens with one attached hydrogen (secondary N) is 1. The summed E-state index contributed by atoms with van der Waals surface area (Å²) in [5, 5.41) is 2.71. The molecule has 1 aromatic heterocycles. The van der Waals surface area contributed by atoms with E-state index in [0.717, 1.165) is 5.56 Å². The van der Waals surface area contributed by atoms with Crippen LogP contribution in [0.5, 0.6) is 0 Å². The van der Waals surface area contributed by atoms with E-state index in [4.69, 9.17) is 5.73 Å². The molecule has 0 fully saturated rings. The predicted octanol–water partition coefficient (Wildman–Crippen LogP) is 2.32. The Labute approximate surface area is 105 Å². The van der Waals surface area contributed by atoms with Crippen LogP contribution in [-0.4, -0.2) is 10.9 Å². The highest BCUT2D eigenvalue weighted by atomic mass is 16.1. The van der Waals surface area contributed by atoms with E-state index in [0.29, 0.717) is 11.4 Å². The van der Waals surface area contributed by atoms with Crippen molar-refractivity contribution in [2.45, 2.75) is 0 Å². The van der Waals surface area contributed by atoms with Gasteiger partial charge in [-0.15, -0.1) is 0 Å². The molecule has 0 radical (unpaired) electrons. The summed E-state index contributed by atoms with van der Waals surface area (Å²) in [7, 11) is 0. The number of hydrogen-bond donors (Lipinski definition) is 2. The number of benzene rings is 1. The van der Waals surface area contributed by atoms with Crippen LogP contribution in [0, 0.1) is 0 Å². The summed E-state index contributed by atoms with van der Waals surface area (Å²) in [4.78, 5) is 15.5. The van der Waals surface area contributed by atoms with Gasteiger partial charge in [-0.1, -0.05) is 12.1 Å². The molecule has 1 amide bonds. The van der Waals surface area contributed by atoms with Gasteiger partial charge in [-0.3, -0.25) is 9.78 Å². The first kappa shape index (κ1) is 11.9. The van der Waals surface area contributed by atoms with Crippen LogP contribution in [0.4, 0.5) is 11.4 Å². The number of nitrogen functional groups attached to an aromatic ring is 1. The third kappa shape index (κ3) is 3.45. The lowest BCUT2D eigenvalue weighted by atomic mass is 10.2. The van der Waals surface area contributed by atoms with Crippen LogP contribution >= 0.6 is 0 Å². The Bertz CT molecular complexity index is 547. The second-order valence-corrected chi connectivity index (χ2v) is 3.73. The molecule has 1 aromatic carbocycles. The molecule has 0 aliphatic rings. The SMILES string of the molecule is Nc1ccc(/C=C/C(=O)Nc2cccnc2)cc1. The smallest absolute Gasteiger partial charge is 0.248 e. The summed E-state index contributed by atoms with van der Waals surface area (Å²) < 4.78 is 0. The number of anilines is 2. The maximum Gasteiger partial charge on any atom is 0.248 e. The maximum absolute atomic E-state index is 11.6. The topological polar surface area (TPSA) is 68.0 Å². The lowest BCUT2D eigenvalue weighted by Crippen LogP contribution is -2.07. The summed E-state index contributed by atoms with van der Waals surface area (Å²) >= 11 is 0. The van der Waals surface area contributed by atoms with Crippen LogP contribution in [0.2, 0.25) is 0 Å². The molecule has 0 aliphatic carbocycles. The van der Waals surface area contributed by atoms with Crippen molar-refractivity contribution in [1.82, 2.24) is 4.98 Å². The van der Waals surface area contributed by atoms with Crippen molar-refractivity contribution < 1.29 is 4.79 Å². The van der Waals surface area contributed by atoms with Gasteiger partial charge in [0.2, 0.25) is 5.91 Å². The molecule has 90 valence electrons. The molecule has 0 unspecified atom stereocenters. The normalized spacial score (nSPS) is 10.4. The number of nitrogens with zero attached hydrogens (tertiary/aromatic N) is 1. The minimum atomic E-state index is -0.195. The largest absolute Gasteiger partial charge is 0.399 e. The van der Waals surface area contributed by atoms with Crippen molar-refractivity contribution in [3.63, 3.8) is 0 Å². The molecule has 0 saturated carbocycles. The molecule has 0 saturated heterocycles. The number of aromatic nitrogens is 1. The van der Waals surface area contributed by atoms with E-state index >= 15 is 0 Å². The Morgan fingerprint density at radius 1 is 1.22 bits per heavy atom. The highest BCUT2D eigenvalue weighted by molar-refractivity contribution is 6.01. The second kappa shape index (κ2) is 5.63. The fourth-order valence-electron chi connectivity index (χ4n) is 1.40. The lowest BCUT2D eigenvalue weighted by Gasteiger charge is -2.00. The Balaban J connectivity index is 1.97. The third-order valence-electron chi connectivity index (χ3n) is 2.29. The number of carbonyl (C=O) groups is 1. The Hall–Kier alpha value is -2.62. The number of amides is 1. The van der Waals surface area contributed by atoms with Gasteiger partial charge < -0.3 is 11.1 Å². The van der Waals surface area contributed by atoms with Crippen molar-refractivity contribution in [3.8, 4) is 0 Å². The second-order valence-electron chi connectivity index (χ2n) is 3.73. The van der Waals surface area contributed by atoms with Gasteiger partial charge in [-0.25, -0.2) is 0 Å². The van der Waals surface area contributed by atoms with Crippen LogP contribution in [0.15, 0.2) is 54.9 Å². The van der Waals surface area contributed by atoms with Crippen LogP contribution < -0.4 is 11.1 Å². The van der Waals surface area contributed by atoms with Gasteiger partial charge in [0.15, 0.2) is 0 Å². The maximum atomic E-state index is 11.6. The molecular formula is C14H13N3O. The van der Waals surface area contributed by atoms with E-state index in [2.05, 4.69) is 10.3 Å². The Kier molecular flexibility index (Phi) is 3.71. The molecule has 0 atom stereocenters. The fraction of sp³-hybridized carbons (Fsp3) is 0. The van der Waals surface area contributed by atoms with Gasteiger partial charge in [0, 0.05) is 18.0 Å². The number of rotatable bonds is 3. The van der Waals surface area contributed by atoms with Gasteiger partial charge in [0.25, 0.3) is 0 Å². The average molecular weight is 239 g/mol. The highest BCUT2D eigenvalue weighted by Gasteiger charge is 1.96. The van der Waals surface area contributed by atoms with Crippen molar-refractivity contribution in [3.05, 3.63) is 60.4 Å². The highest BCUT2D eigenvalue weighted by Crippen LogP contribution is 2.07. The molecule has 4 nitrogen and oxygen atoms in total. The van der Waals surface area contributed by atoms with Crippen LogP contribution in [-0.2, 0) is 4.79 Å². The molecule has 0 bridgehead atoms. The quantitative estimate of drug-likeness (QED) is 0.638. The number of nitrogens with two attached hydrogens (primary N) is 1. The van der Waals surface area contributed by atoms with E-state index in [-0.39, 0.29) is 5.91 Å². The van der Waals surface area contributed by atoms with Crippen LogP contribution in [0.25, 0.3) is 6.08 Å². The molecule has 0 aliphatic heterocycles. The number of pyridine rings is 1. The summed E-state index contributed by atoms with van der Waals surface area (Å²) in [6.45, 7) is 0. The minimum absolute atomic E-state index is 0.195. The van der Waals surface area contributed by atoms with E-state index in [1.165, 1.54) is 6.08 Å². The van der Waals surface area contributed by atoms with Crippen LogP contribution in [0.3, 0.4) is 0 Å². The first-order valence-electron chi connectivity index (χ1n) is 5.49. The first-order chi connectivity index (χ1) is 8.74. The molecule has 1 heterocycles. The third-order valence-corrected chi connectivity index (χ3v) is 2.29. The first-order valence-corrected chi connectivity index (χ1v) is 5.49. The zero-order chi connectivity index (χ0) is 12.8. The standard InChI is InChI=1S/C14H13N3O/c15-12-6-3-11(4-7-12)5-8-14(18)17-13-2-1-9-16-10-13/h1-10H,15H2,(H,17,18)/b8-5+. The number of carbonyl (C=O) groups excluding carboxylic acids is 1. The average Bonchev–Trinajstić information content (AvgIpc) is 2.39. The molecule has 4 heteroatoms. The molecule has 2 rings (SSSR count). The van der Waals surface area contributed by atoms with Crippen molar-refractivity contribution in [1.29, 1.82) is 0 Å². The van der Waals surface area contributed by atoms with Gasteiger partial charge in [-0.05, 0) is 35.9 Å². The summed E-state index contributed by atoms with van der Waals surface area (Å²) in [6, 6.07) is 10.8. The molecular weight excluding hydrogens is 226 g/mol. The van der Waals surface area contributed by atoms with Crippen LogP contribution in [0.1, 0.15) is 5.56 Å².